The van der Waals surface area contributed by atoms with E-state index in [0.29, 0.717) is 0 Å². The minimum Gasteiger partial charge on any atom is -0.0622 e. The molecule has 0 bridgehead atoms. The van der Waals surface area contributed by atoms with E-state index < -0.39 is 0 Å². The van der Waals surface area contributed by atoms with E-state index in [0.717, 1.165) is 0 Å². The van der Waals surface area contributed by atoms with E-state index in [1.165, 1.54) is 76.8 Å². The van der Waals surface area contributed by atoms with E-state index in [4.69, 9.17) is 0 Å². The molecule has 176 valence electrons. The van der Waals surface area contributed by atoms with Crippen molar-refractivity contribution in [3.05, 3.63) is 168 Å². The van der Waals surface area contributed by atoms with E-state index in [-0.39, 0.29) is 0 Å². The van der Waals surface area contributed by atoms with Crippen LogP contribution in [0.4, 0.5) is 0 Å². The van der Waals surface area contributed by atoms with Crippen LogP contribution in [0.2, 0.25) is 0 Å². The molecule has 0 spiro atoms. The second-order valence-electron chi connectivity index (χ2n) is 10.1. The second kappa shape index (κ2) is 8.30. The molecule has 1 aliphatic rings. The second-order valence-corrected chi connectivity index (χ2v) is 10.1. The normalized spacial score (nSPS) is 12.2. The molecule has 0 aromatic heterocycles. The van der Waals surface area contributed by atoms with Crippen molar-refractivity contribution in [2.24, 2.45) is 0 Å². The van der Waals surface area contributed by atoms with Gasteiger partial charge in [-0.3, -0.25) is 0 Å². The third kappa shape index (κ3) is 3.04. The predicted molar refractivity (Wildman–Crippen MR) is 162 cm³/mol. The number of rotatable bonds is 2. The lowest BCUT2D eigenvalue weighted by Gasteiger charge is -2.17. The molecule has 0 radical (unpaired) electrons. The van der Waals surface area contributed by atoms with Crippen LogP contribution >= 0.6 is 0 Å². The Labute approximate surface area is 222 Å². The Balaban J connectivity index is 1.66. The van der Waals surface area contributed by atoms with Crippen molar-refractivity contribution < 1.29 is 0 Å². The first kappa shape index (κ1) is 21.2. The third-order valence-electron chi connectivity index (χ3n) is 7.98. The summed E-state index contributed by atoms with van der Waals surface area (Å²) in [4.78, 5) is 0. The third-order valence-corrected chi connectivity index (χ3v) is 7.98. The monoisotopic (exact) mass is 480 g/mol. The molecule has 0 aliphatic heterocycles. The van der Waals surface area contributed by atoms with Crippen LogP contribution in [-0.2, 0) is 0 Å². The first-order chi connectivity index (χ1) is 18.9. The van der Waals surface area contributed by atoms with Gasteiger partial charge in [0.25, 0.3) is 0 Å². The van der Waals surface area contributed by atoms with E-state index >= 15 is 0 Å². The maximum absolute atomic E-state index is 2.41. The molecule has 38 heavy (non-hydrogen) atoms. The van der Waals surface area contributed by atoms with E-state index in [1.807, 2.05) is 0 Å². The molecular formula is C38H24. The molecule has 0 saturated heterocycles. The number of benzene rings is 7. The molecule has 0 unspecified atom stereocenters. The van der Waals surface area contributed by atoms with Gasteiger partial charge >= 0.3 is 0 Å². The maximum atomic E-state index is 2.41. The molecule has 0 nitrogen and oxygen atoms in total. The van der Waals surface area contributed by atoms with Gasteiger partial charge in [-0.15, -0.1) is 0 Å². The fraction of sp³-hybridized carbons (Fsp3) is 0. The fourth-order valence-corrected chi connectivity index (χ4v) is 6.39. The minimum absolute atomic E-state index is 1.23. The van der Waals surface area contributed by atoms with Crippen molar-refractivity contribution in [3.63, 3.8) is 0 Å². The van der Waals surface area contributed by atoms with Gasteiger partial charge in [-0.05, 0) is 89.0 Å². The highest BCUT2D eigenvalue weighted by Gasteiger charge is 2.31. The highest BCUT2D eigenvalue weighted by molar-refractivity contribution is 6.28. The summed E-state index contributed by atoms with van der Waals surface area (Å²) >= 11 is 0. The highest BCUT2D eigenvalue weighted by atomic mass is 14.3. The van der Waals surface area contributed by atoms with Crippen molar-refractivity contribution in [3.8, 4) is 11.1 Å². The molecule has 8 rings (SSSR count). The molecule has 1 aliphatic carbocycles. The largest absolute Gasteiger partial charge is 0.0622 e. The first-order valence-electron chi connectivity index (χ1n) is 13.2. The van der Waals surface area contributed by atoms with Gasteiger partial charge in [0.05, 0.1) is 0 Å². The average Bonchev–Trinajstić information content (AvgIpc) is 3.31. The number of fused-ring (bicyclic) bond motifs is 9. The van der Waals surface area contributed by atoms with Crippen molar-refractivity contribution in [1.29, 1.82) is 0 Å². The van der Waals surface area contributed by atoms with E-state index in [9.17, 15) is 0 Å². The molecule has 0 fully saturated rings. The zero-order valence-corrected chi connectivity index (χ0v) is 20.9. The van der Waals surface area contributed by atoms with Crippen LogP contribution in [0.5, 0.6) is 0 Å². The van der Waals surface area contributed by atoms with Crippen LogP contribution in [0.25, 0.3) is 54.6 Å². The summed E-state index contributed by atoms with van der Waals surface area (Å²) in [5.41, 5.74) is 10.4. The molecule has 7 aromatic carbocycles. The Hall–Kier alpha value is -4.94. The van der Waals surface area contributed by atoms with Gasteiger partial charge in [0.15, 0.2) is 0 Å². The molecule has 0 N–H and O–H groups in total. The van der Waals surface area contributed by atoms with Gasteiger partial charge in [0.2, 0.25) is 0 Å². The Morgan fingerprint density at radius 3 is 1.32 bits per heavy atom. The van der Waals surface area contributed by atoms with Crippen LogP contribution in [-0.4, -0.2) is 0 Å². The Morgan fingerprint density at radius 1 is 0.342 bits per heavy atom. The molecule has 0 saturated carbocycles. The predicted octanol–water partition coefficient (Wildman–Crippen LogP) is 10.1. The van der Waals surface area contributed by atoms with Gasteiger partial charge in [0.1, 0.15) is 0 Å². The van der Waals surface area contributed by atoms with Crippen LogP contribution in [0.15, 0.2) is 146 Å². The molecule has 0 heterocycles. The van der Waals surface area contributed by atoms with Crippen molar-refractivity contribution in [2.75, 3.05) is 0 Å². The van der Waals surface area contributed by atoms with Crippen LogP contribution in [0.3, 0.4) is 0 Å². The molecular weight excluding hydrogens is 456 g/mol. The van der Waals surface area contributed by atoms with Crippen molar-refractivity contribution in [1.82, 2.24) is 0 Å². The highest BCUT2D eigenvalue weighted by Crippen LogP contribution is 2.55. The summed E-state index contributed by atoms with van der Waals surface area (Å²) in [6.07, 6.45) is 0. The lowest BCUT2D eigenvalue weighted by atomic mass is 9.85. The fourth-order valence-electron chi connectivity index (χ4n) is 6.39. The summed E-state index contributed by atoms with van der Waals surface area (Å²) in [6.45, 7) is 0. The van der Waals surface area contributed by atoms with E-state index in [2.05, 4.69) is 146 Å². The summed E-state index contributed by atoms with van der Waals surface area (Å²) in [7, 11) is 0. The molecule has 7 aromatic rings. The van der Waals surface area contributed by atoms with Crippen molar-refractivity contribution >= 4 is 43.5 Å². The maximum Gasteiger partial charge on any atom is -0.000741 e. The Kier molecular flexibility index (Phi) is 4.62. The minimum atomic E-state index is 1.23. The SMILES string of the molecule is c1ccc(C(=C2c3cc4ccccc4cc3-c3c2c2ccccc2c2ccccc32)c2ccccc2)cc1. The summed E-state index contributed by atoms with van der Waals surface area (Å²) < 4.78 is 0. The van der Waals surface area contributed by atoms with Gasteiger partial charge in [0, 0.05) is 0 Å². The lowest BCUT2D eigenvalue weighted by Crippen LogP contribution is -1.95. The zero-order chi connectivity index (χ0) is 25.1. The van der Waals surface area contributed by atoms with Gasteiger partial charge in [-0.1, -0.05) is 133 Å². The molecule has 0 amide bonds. The standard InChI is InChI=1S/C38H24/c1-3-13-25(14-4-1)35(26-15-5-2-6-16-26)38-34-24-28-18-8-7-17-27(28)23-33(34)36-31-21-11-9-19-29(31)30-20-10-12-22-32(30)37(36)38/h1-24H. The topological polar surface area (TPSA) is 0 Å². The zero-order valence-electron chi connectivity index (χ0n) is 20.9. The van der Waals surface area contributed by atoms with Gasteiger partial charge < -0.3 is 0 Å². The molecule has 0 atom stereocenters. The lowest BCUT2D eigenvalue weighted by molar-refractivity contribution is 1.54. The Bertz CT molecular complexity index is 2000. The van der Waals surface area contributed by atoms with Crippen molar-refractivity contribution in [2.45, 2.75) is 0 Å². The first-order valence-corrected chi connectivity index (χ1v) is 13.2. The summed E-state index contributed by atoms with van der Waals surface area (Å²) in [5.74, 6) is 0. The molecule has 0 heteroatoms. The van der Waals surface area contributed by atoms with Crippen LogP contribution in [0.1, 0.15) is 22.3 Å². The smallest absolute Gasteiger partial charge is 0.000741 e. The van der Waals surface area contributed by atoms with Crippen LogP contribution < -0.4 is 0 Å². The summed E-state index contributed by atoms with van der Waals surface area (Å²) in [5, 5.41) is 7.77. The van der Waals surface area contributed by atoms with E-state index in [1.54, 1.807) is 0 Å². The quantitative estimate of drug-likeness (QED) is 0.216. The van der Waals surface area contributed by atoms with Crippen LogP contribution in [0, 0.1) is 0 Å². The average molecular weight is 481 g/mol. The summed E-state index contributed by atoms with van der Waals surface area (Å²) in [6, 6.07) is 53.2. The van der Waals surface area contributed by atoms with Gasteiger partial charge in [-0.25, -0.2) is 0 Å². The number of hydrogen-bond acceptors (Lipinski definition) is 0. The Morgan fingerprint density at radius 2 is 0.763 bits per heavy atom. The van der Waals surface area contributed by atoms with Gasteiger partial charge in [-0.2, -0.15) is 0 Å². The number of hydrogen-bond donors (Lipinski definition) is 0.